The third-order valence-electron chi connectivity index (χ3n) is 5.38. The van der Waals surface area contributed by atoms with Crippen molar-refractivity contribution in [1.82, 2.24) is 10.9 Å². The Kier molecular flexibility index (Phi) is 5.05. The predicted octanol–water partition coefficient (Wildman–Crippen LogP) is 5.05. The van der Waals surface area contributed by atoms with E-state index in [2.05, 4.69) is 57.6 Å². The Balaban J connectivity index is 1.50. The molecule has 1 amide bonds. The number of benzene rings is 3. The second kappa shape index (κ2) is 7.64. The van der Waals surface area contributed by atoms with Gasteiger partial charge in [0.1, 0.15) is 0 Å². The Morgan fingerprint density at radius 1 is 0.857 bits per heavy atom. The predicted molar refractivity (Wildman–Crippen MR) is 116 cm³/mol. The van der Waals surface area contributed by atoms with Crippen molar-refractivity contribution < 1.29 is 4.79 Å². The van der Waals surface area contributed by atoms with Crippen LogP contribution in [0.3, 0.4) is 0 Å². The molecule has 0 bridgehead atoms. The van der Waals surface area contributed by atoms with Crippen molar-refractivity contribution in [3.05, 3.63) is 113 Å². The van der Waals surface area contributed by atoms with Crippen molar-refractivity contribution in [1.29, 1.82) is 0 Å². The number of hydrogen-bond acceptors (Lipinski definition) is 2. The van der Waals surface area contributed by atoms with Gasteiger partial charge in [-0.3, -0.25) is 15.6 Å². The van der Waals surface area contributed by atoms with E-state index in [0.717, 1.165) is 16.5 Å². The molecule has 1 atom stereocenters. The molecule has 1 fully saturated rings. The molecule has 0 heterocycles. The van der Waals surface area contributed by atoms with Crippen LogP contribution in [0.4, 0.5) is 0 Å². The monoisotopic (exact) mass is 432 g/mol. The summed E-state index contributed by atoms with van der Waals surface area (Å²) >= 11 is 3.42. The molecule has 28 heavy (non-hydrogen) atoms. The van der Waals surface area contributed by atoms with Crippen molar-refractivity contribution in [2.75, 3.05) is 0 Å². The normalized spacial score (nSPS) is 16.8. The van der Waals surface area contributed by atoms with E-state index in [1.807, 2.05) is 60.7 Å². The summed E-state index contributed by atoms with van der Waals surface area (Å²) < 4.78 is 1.00. The van der Waals surface area contributed by atoms with E-state index in [1.54, 1.807) is 0 Å². The average molecular weight is 433 g/mol. The van der Waals surface area contributed by atoms with Crippen LogP contribution in [0, 0.1) is 5.92 Å². The van der Waals surface area contributed by atoms with Crippen molar-refractivity contribution in [3.8, 4) is 0 Å². The zero-order chi connectivity index (χ0) is 19.6. The van der Waals surface area contributed by atoms with Crippen molar-refractivity contribution in [3.63, 3.8) is 0 Å². The smallest absolute Gasteiger partial charge is 0.242 e. The average Bonchev–Trinajstić information content (AvgIpc) is 3.51. The van der Waals surface area contributed by atoms with E-state index < -0.39 is 0 Å². The fraction of sp³-hybridized carbons (Fsp3) is 0.125. The highest BCUT2D eigenvalue weighted by Gasteiger charge is 2.60. The zero-order valence-electron chi connectivity index (χ0n) is 15.4. The van der Waals surface area contributed by atoms with Gasteiger partial charge >= 0.3 is 0 Å². The summed E-state index contributed by atoms with van der Waals surface area (Å²) in [4.78, 5) is 12.9. The number of carbonyl (C=O) groups excluding carboxylic acids is 1. The van der Waals surface area contributed by atoms with E-state index in [9.17, 15) is 4.79 Å². The molecule has 3 nitrogen and oxygen atoms in total. The Morgan fingerprint density at radius 3 is 1.93 bits per heavy atom. The molecule has 4 rings (SSSR count). The van der Waals surface area contributed by atoms with Crippen molar-refractivity contribution >= 4 is 27.5 Å². The summed E-state index contributed by atoms with van der Waals surface area (Å²) in [5.41, 5.74) is 9.49. The van der Waals surface area contributed by atoms with Gasteiger partial charge in [-0.2, -0.15) is 0 Å². The first-order chi connectivity index (χ1) is 13.6. The Morgan fingerprint density at radius 2 is 1.39 bits per heavy atom. The van der Waals surface area contributed by atoms with Gasteiger partial charge in [0.15, 0.2) is 0 Å². The first-order valence-electron chi connectivity index (χ1n) is 9.23. The van der Waals surface area contributed by atoms with Gasteiger partial charge in [0.05, 0.1) is 11.6 Å². The van der Waals surface area contributed by atoms with Crippen LogP contribution in [-0.2, 0) is 10.2 Å². The van der Waals surface area contributed by atoms with Gasteiger partial charge in [-0.05, 0) is 35.2 Å². The Hall–Kier alpha value is -2.85. The first kappa shape index (κ1) is 18.5. The maximum absolute atomic E-state index is 12.9. The molecule has 1 saturated carbocycles. The van der Waals surface area contributed by atoms with Crippen LogP contribution in [0.1, 0.15) is 23.1 Å². The summed E-state index contributed by atoms with van der Waals surface area (Å²) in [5.74, 6) is -0.145. The lowest BCUT2D eigenvalue weighted by Crippen LogP contribution is -2.38. The fourth-order valence-electron chi connectivity index (χ4n) is 3.80. The summed E-state index contributed by atoms with van der Waals surface area (Å²) in [6, 6.07) is 28.3. The quantitative estimate of drug-likeness (QED) is 0.535. The van der Waals surface area contributed by atoms with Gasteiger partial charge in [0, 0.05) is 9.89 Å². The Bertz CT molecular complexity index is 945. The molecule has 4 heteroatoms. The van der Waals surface area contributed by atoms with Crippen molar-refractivity contribution in [2.24, 2.45) is 5.92 Å². The van der Waals surface area contributed by atoms with Crippen LogP contribution < -0.4 is 10.9 Å². The van der Waals surface area contributed by atoms with Crippen LogP contribution in [-0.4, -0.2) is 5.91 Å². The standard InChI is InChI=1S/C24H21BrN2O/c1-17(18-12-14-21(25)15-13-18)26-27-23(28)22-16-24(22,19-8-4-2-5-9-19)20-10-6-3-7-11-20/h2-15,22,26H,1,16H2,(H,27,28)/t22-/m0/s1. The molecule has 3 aromatic carbocycles. The van der Waals surface area contributed by atoms with Crippen molar-refractivity contribution in [2.45, 2.75) is 11.8 Å². The molecule has 0 saturated heterocycles. The van der Waals surface area contributed by atoms with E-state index in [1.165, 1.54) is 11.1 Å². The minimum Gasteiger partial charge on any atom is -0.299 e. The number of hydrogen-bond donors (Lipinski definition) is 2. The van der Waals surface area contributed by atoms with E-state index >= 15 is 0 Å². The minimum absolute atomic E-state index is 0.0223. The highest BCUT2D eigenvalue weighted by atomic mass is 79.9. The molecule has 3 aromatic rings. The molecule has 0 radical (unpaired) electrons. The summed E-state index contributed by atoms with van der Waals surface area (Å²) in [6.07, 6.45) is 0.791. The van der Waals surface area contributed by atoms with Crippen LogP contribution in [0.15, 0.2) is 96.0 Å². The molecule has 2 N–H and O–H groups in total. The lowest BCUT2D eigenvalue weighted by atomic mass is 9.85. The SMILES string of the molecule is C=C(NNC(=O)[C@@H]1CC1(c1ccccc1)c1ccccc1)c1ccc(Br)cc1. The maximum atomic E-state index is 12.9. The van der Waals surface area contributed by atoms with Crippen LogP contribution in [0.25, 0.3) is 5.70 Å². The molecule has 0 aliphatic heterocycles. The molecule has 1 aliphatic rings. The third-order valence-corrected chi connectivity index (χ3v) is 5.91. The van der Waals surface area contributed by atoms with Gasteiger partial charge in [0.2, 0.25) is 5.91 Å². The van der Waals surface area contributed by atoms with Gasteiger partial charge in [-0.1, -0.05) is 95.3 Å². The molecule has 1 aliphatic carbocycles. The largest absolute Gasteiger partial charge is 0.299 e. The first-order valence-corrected chi connectivity index (χ1v) is 10.0. The number of hydrazine groups is 1. The zero-order valence-corrected chi connectivity index (χ0v) is 16.9. The van der Waals surface area contributed by atoms with E-state index in [4.69, 9.17) is 0 Å². The number of nitrogens with one attached hydrogen (secondary N) is 2. The van der Waals surface area contributed by atoms with E-state index in [-0.39, 0.29) is 17.2 Å². The van der Waals surface area contributed by atoms with Gasteiger partial charge < -0.3 is 0 Å². The summed E-state index contributed by atoms with van der Waals surface area (Å²) in [5, 5.41) is 0. The number of halogens is 1. The topological polar surface area (TPSA) is 41.1 Å². The van der Waals surface area contributed by atoms with Gasteiger partial charge in [-0.15, -0.1) is 0 Å². The molecule has 0 spiro atoms. The molecular weight excluding hydrogens is 412 g/mol. The molecule has 0 unspecified atom stereocenters. The molecule has 0 aromatic heterocycles. The molecular formula is C24H21BrN2O. The highest BCUT2D eigenvalue weighted by molar-refractivity contribution is 9.10. The minimum atomic E-state index is -0.271. The Labute approximate surface area is 173 Å². The third kappa shape index (κ3) is 3.48. The van der Waals surface area contributed by atoms with Crippen LogP contribution in [0.2, 0.25) is 0 Å². The lowest BCUT2D eigenvalue weighted by molar-refractivity contribution is -0.123. The number of carbonyl (C=O) groups is 1. The summed E-state index contributed by atoms with van der Waals surface area (Å²) in [6.45, 7) is 4.02. The second-order valence-corrected chi connectivity index (χ2v) is 7.98. The lowest BCUT2D eigenvalue weighted by Gasteiger charge is -2.19. The second-order valence-electron chi connectivity index (χ2n) is 7.06. The van der Waals surface area contributed by atoms with Crippen LogP contribution >= 0.6 is 15.9 Å². The number of amides is 1. The highest BCUT2D eigenvalue weighted by Crippen LogP contribution is 2.58. The maximum Gasteiger partial charge on any atom is 0.242 e. The fourth-order valence-corrected chi connectivity index (χ4v) is 4.07. The van der Waals surface area contributed by atoms with E-state index in [0.29, 0.717) is 5.70 Å². The molecule has 140 valence electrons. The van der Waals surface area contributed by atoms with Gasteiger partial charge in [0.25, 0.3) is 0 Å². The van der Waals surface area contributed by atoms with Crippen LogP contribution in [0.5, 0.6) is 0 Å². The van der Waals surface area contributed by atoms with Gasteiger partial charge in [-0.25, -0.2) is 0 Å². The number of rotatable bonds is 6. The summed E-state index contributed by atoms with van der Waals surface area (Å²) in [7, 11) is 0.